The molecule has 9 nitrogen and oxygen atoms in total. The van der Waals surface area contributed by atoms with E-state index in [1.165, 1.54) is 0 Å². The molecule has 0 N–H and O–H groups in total. The van der Waals surface area contributed by atoms with Gasteiger partial charge in [0.2, 0.25) is 0 Å². The lowest BCUT2D eigenvalue weighted by Crippen LogP contribution is -2.45. The zero-order chi connectivity index (χ0) is 33.7. The summed E-state index contributed by atoms with van der Waals surface area (Å²) < 4.78 is 46.7. The van der Waals surface area contributed by atoms with Gasteiger partial charge >= 0.3 is 0 Å². The Morgan fingerprint density at radius 1 is 0.705 bits per heavy atom. The molecule has 11 heteroatoms. The normalized spacial score (nSPS) is 20.1. The minimum Gasteiger partial charge on any atom is -0.412 e. The van der Waals surface area contributed by atoms with E-state index in [0.29, 0.717) is 46.2 Å². The summed E-state index contributed by atoms with van der Waals surface area (Å²) in [6.07, 6.45) is 5.83. The van der Waals surface area contributed by atoms with Crippen LogP contribution in [0.25, 0.3) is 0 Å². The number of hydrogen-bond acceptors (Lipinski definition) is 9. The van der Waals surface area contributed by atoms with Crippen LogP contribution in [0.1, 0.15) is 81.1 Å². The van der Waals surface area contributed by atoms with E-state index in [2.05, 4.69) is 74.3 Å². The smallest absolute Gasteiger partial charge is 0.192 e. The van der Waals surface area contributed by atoms with Crippen LogP contribution in [0.3, 0.4) is 0 Å². The van der Waals surface area contributed by atoms with Crippen molar-refractivity contribution in [1.82, 2.24) is 0 Å². The lowest BCUT2D eigenvalue weighted by atomic mass is 10.1. The molecule has 2 aliphatic heterocycles. The van der Waals surface area contributed by atoms with Gasteiger partial charge in [0.25, 0.3) is 0 Å². The average molecular weight is 663 g/mol. The maximum absolute atomic E-state index is 10.5. The molecule has 2 heterocycles. The Morgan fingerprint density at radius 2 is 1.05 bits per heavy atom. The highest BCUT2D eigenvalue weighted by Crippen LogP contribution is 2.39. The standard InChI is InChI=1S/C17H34O4Si.C16H32O5Si/c1-8-11-18-14-15(21-22(6,7)16(2,3)4)9-10-17(5)19-12-13-20-17;1-15(2,3)22(5,6)21-14(13-18-10-9-17)7-8-16(4)19-11-12-20-16/h8,15H,1,9-14H2,2-7H3;9,14H,7-8,10-13H2,1-6H3/t15-;14-/m00/s1. The summed E-state index contributed by atoms with van der Waals surface area (Å²) in [5.74, 6) is -0.979. The zero-order valence-electron chi connectivity index (χ0n) is 30.2. The van der Waals surface area contributed by atoms with E-state index < -0.39 is 28.2 Å². The summed E-state index contributed by atoms with van der Waals surface area (Å²) in [6.45, 7) is 34.4. The highest BCUT2D eigenvalue weighted by atomic mass is 28.4. The summed E-state index contributed by atoms with van der Waals surface area (Å²) >= 11 is 0. The van der Waals surface area contributed by atoms with E-state index in [9.17, 15) is 4.79 Å². The first-order valence-corrected chi connectivity index (χ1v) is 22.1. The van der Waals surface area contributed by atoms with Crippen LogP contribution in [0.5, 0.6) is 0 Å². The number of carbonyl (C=O) groups excluding carboxylic acids is 1. The molecule has 0 radical (unpaired) electrons. The van der Waals surface area contributed by atoms with E-state index in [-0.39, 0.29) is 28.9 Å². The second kappa shape index (κ2) is 18.2. The van der Waals surface area contributed by atoms with E-state index >= 15 is 0 Å². The minimum absolute atomic E-state index is 0.0366. The zero-order valence-corrected chi connectivity index (χ0v) is 32.2. The van der Waals surface area contributed by atoms with Gasteiger partial charge < -0.3 is 42.1 Å². The van der Waals surface area contributed by atoms with Crippen molar-refractivity contribution in [1.29, 1.82) is 0 Å². The maximum Gasteiger partial charge on any atom is 0.192 e. The molecule has 2 saturated heterocycles. The topological polar surface area (TPSA) is 90.9 Å². The van der Waals surface area contributed by atoms with Gasteiger partial charge in [0.1, 0.15) is 12.9 Å². The molecule has 0 aromatic carbocycles. The van der Waals surface area contributed by atoms with Gasteiger partial charge in [-0.25, -0.2) is 0 Å². The molecular weight excluding hydrogens is 597 g/mol. The first-order chi connectivity index (χ1) is 20.2. The summed E-state index contributed by atoms with van der Waals surface area (Å²) in [6, 6.07) is 0. The number of rotatable bonds is 18. The summed E-state index contributed by atoms with van der Waals surface area (Å²) in [5.41, 5.74) is 0. The van der Waals surface area contributed by atoms with E-state index in [0.717, 1.165) is 32.0 Å². The Kier molecular flexibility index (Phi) is 17.2. The Labute approximate surface area is 271 Å². The van der Waals surface area contributed by atoms with Crippen LogP contribution in [0.15, 0.2) is 12.7 Å². The van der Waals surface area contributed by atoms with Crippen molar-refractivity contribution >= 4 is 22.9 Å². The molecular formula is C33H66O9Si2. The molecule has 0 spiro atoms. The summed E-state index contributed by atoms with van der Waals surface area (Å²) in [7, 11) is -3.70. The molecule has 44 heavy (non-hydrogen) atoms. The van der Waals surface area contributed by atoms with Gasteiger partial charge in [-0.15, -0.1) is 6.58 Å². The third kappa shape index (κ3) is 15.0. The van der Waals surface area contributed by atoms with Gasteiger partial charge in [-0.1, -0.05) is 47.6 Å². The average Bonchev–Trinajstić information content (AvgIpc) is 3.54. The van der Waals surface area contributed by atoms with Crippen LogP contribution in [0.2, 0.25) is 36.3 Å². The van der Waals surface area contributed by atoms with Crippen molar-refractivity contribution in [3.63, 3.8) is 0 Å². The van der Waals surface area contributed by atoms with Gasteiger partial charge in [-0.05, 0) is 63.0 Å². The maximum atomic E-state index is 10.5. The third-order valence-electron chi connectivity index (χ3n) is 9.20. The lowest BCUT2D eigenvalue weighted by Gasteiger charge is -2.39. The Balaban J connectivity index is 0.000000440. The second-order valence-electron chi connectivity index (χ2n) is 15.3. The molecule has 0 aliphatic carbocycles. The summed E-state index contributed by atoms with van der Waals surface area (Å²) in [5, 5.41) is 0.327. The van der Waals surface area contributed by atoms with Crippen molar-refractivity contribution in [2.24, 2.45) is 0 Å². The van der Waals surface area contributed by atoms with Gasteiger partial charge in [0, 0.05) is 12.8 Å². The Hall–Kier alpha value is -0.476. The SMILES string of the molecule is C=CCOC[C@H](CCC1(C)OCCO1)O[Si](C)(C)C(C)(C)C.CC1(CC[C@@H](COCC=O)O[Si](C)(C)C(C)(C)C)OCCO1. The molecule has 0 bridgehead atoms. The first kappa shape index (κ1) is 41.5. The fourth-order valence-electron chi connectivity index (χ4n) is 4.32. The predicted octanol–water partition coefficient (Wildman–Crippen LogP) is 7.26. The molecule has 2 rings (SSSR count). The lowest BCUT2D eigenvalue weighted by molar-refractivity contribution is -0.152. The van der Waals surface area contributed by atoms with Crippen molar-refractivity contribution in [3.8, 4) is 0 Å². The third-order valence-corrected chi connectivity index (χ3v) is 18.3. The van der Waals surface area contributed by atoms with Crippen LogP contribution in [0.4, 0.5) is 0 Å². The van der Waals surface area contributed by atoms with E-state index in [1.807, 2.05) is 13.8 Å². The summed E-state index contributed by atoms with van der Waals surface area (Å²) in [4.78, 5) is 10.5. The molecule has 260 valence electrons. The second-order valence-corrected chi connectivity index (χ2v) is 24.8. The van der Waals surface area contributed by atoms with Crippen LogP contribution in [-0.4, -0.2) is 99.6 Å². The highest BCUT2D eigenvalue weighted by molar-refractivity contribution is 6.74. The molecule has 0 aromatic heterocycles. The molecule has 0 amide bonds. The van der Waals surface area contributed by atoms with Crippen molar-refractivity contribution in [3.05, 3.63) is 12.7 Å². The van der Waals surface area contributed by atoms with E-state index in [4.69, 9.17) is 37.3 Å². The molecule has 0 aromatic rings. The quantitative estimate of drug-likeness (QED) is 0.0651. The number of ether oxygens (including phenoxy) is 6. The highest BCUT2D eigenvalue weighted by Gasteiger charge is 2.41. The minimum atomic E-state index is -1.88. The first-order valence-electron chi connectivity index (χ1n) is 16.3. The monoisotopic (exact) mass is 662 g/mol. The predicted molar refractivity (Wildman–Crippen MR) is 181 cm³/mol. The fourth-order valence-corrected chi connectivity index (χ4v) is 7.06. The van der Waals surface area contributed by atoms with Crippen molar-refractivity contribution in [2.45, 2.75) is 141 Å². The number of carbonyl (C=O) groups is 1. The Bertz CT molecular complexity index is 756. The van der Waals surface area contributed by atoms with Crippen LogP contribution in [-0.2, 0) is 42.1 Å². The van der Waals surface area contributed by atoms with Gasteiger partial charge in [-0.3, -0.25) is 0 Å². The molecule has 0 unspecified atom stereocenters. The molecule has 2 aliphatic rings. The number of aldehydes is 1. The Morgan fingerprint density at radius 3 is 1.34 bits per heavy atom. The fraction of sp³-hybridized carbons (Fsp3) is 0.909. The van der Waals surface area contributed by atoms with Crippen LogP contribution < -0.4 is 0 Å². The molecule has 0 saturated carbocycles. The van der Waals surface area contributed by atoms with Crippen LogP contribution in [0, 0.1) is 0 Å². The van der Waals surface area contributed by atoms with Crippen molar-refractivity contribution < 1.29 is 42.1 Å². The van der Waals surface area contributed by atoms with Crippen molar-refractivity contribution in [2.75, 3.05) is 52.9 Å². The van der Waals surface area contributed by atoms with Gasteiger partial charge in [0.05, 0.1) is 58.5 Å². The van der Waals surface area contributed by atoms with Gasteiger partial charge in [-0.2, -0.15) is 0 Å². The largest absolute Gasteiger partial charge is 0.412 e. The van der Waals surface area contributed by atoms with Gasteiger partial charge in [0.15, 0.2) is 28.2 Å². The molecule has 2 fully saturated rings. The van der Waals surface area contributed by atoms with Crippen LogP contribution >= 0.6 is 0 Å². The molecule has 2 atom stereocenters. The number of hydrogen-bond donors (Lipinski definition) is 0. The van der Waals surface area contributed by atoms with E-state index in [1.54, 1.807) is 6.08 Å².